The van der Waals surface area contributed by atoms with Crippen LogP contribution in [0.25, 0.3) is 0 Å². The lowest BCUT2D eigenvalue weighted by molar-refractivity contribution is -0.130. The lowest BCUT2D eigenvalue weighted by Gasteiger charge is -2.37. The van der Waals surface area contributed by atoms with E-state index in [-0.39, 0.29) is 17.4 Å². The average Bonchev–Trinajstić information content (AvgIpc) is 2.79. The van der Waals surface area contributed by atoms with E-state index in [1.165, 1.54) is 16.5 Å². The predicted molar refractivity (Wildman–Crippen MR) is 144 cm³/mol. The van der Waals surface area contributed by atoms with Gasteiger partial charge < -0.3 is 19.5 Å². The van der Waals surface area contributed by atoms with Crippen LogP contribution in [0.3, 0.4) is 0 Å². The van der Waals surface area contributed by atoms with Crippen molar-refractivity contribution < 1.29 is 19.4 Å². The molecule has 0 fully saturated rings. The summed E-state index contributed by atoms with van der Waals surface area (Å²) in [7, 11) is 7.14. The zero-order chi connectivity index (χ0) is 24.7. The van der Waals surface area contributed by atoms with E-state index in [2.05, 4.69) is 37.9 Å². The first-order valence-corrected chi connectivity index (χ1v) is 14.0. The highest BCUT2D eigenvalue weighted by atomic mass is 79.9. The first kappa shape index (κ1) is 30.8. The SMILES string of the molecule is COCCCCC1=C(Br)[C@@H](O)CCC1.COCCCC[C@@]1(CC(=O)N(C)C)CCCC=C1Br. The second-order valence-corrected chi connectivity index (χ2v) is 11.2. The topological polar surface area (TPSA) is 59.0 Å². The van der Waals surface area contributed by atoms with Crippen LogP contribution in [0.4, 0.5) is 0 Å². The van der Waals surface area contributed by atoms with E-state index in [9.17, 15) is 9.90 Å². The Morgan fingerprint density at radius 2 is 1.79 bits per heavy atom. The zero-order valence-electron chi connectivity index (χ0n) is 21.1. The number of unbranched alkanes of at least 4 members (excludes halogenated alkanes) is 2. The number of nitrogens with zero attached hydrogens (tertiary/aromatic N) is 1. The quantitative estimate of drug-likeness (QED) is 0.255. The number of hydrogen-bond acceptors (Lipinski definition) is 4. The Labute approximate surface area is 218 Å². The Morgan fingerprint density at radius 3 is 2.39 bits per heavy atom. The monoisotopic (exact) mass is 593 g/mol. The largest absolute Gasteiger partial charge is 0.388 e. The van der Waals surface area contributed by atoms with Gasteiger partial charge in [0, 0.05) is 57.8 Å². The van der Waals surface area contributed by atoms with Crippen LogP contribution in [0, 0.1) is 5.41 Å². The van der Waals surface area contributed by atoms with Crippen LogP contribution >= 0.6 is 31.9 Å². The Balaban J connectivity index is 0.000000346. The normalized spacial score (nSPS) is 23.0. The Morgan fingerprint density at radius 1 is 1.12 bits per heavy atom. The van der Waals surface area contributed by atoms with Gasteiger partial charge in [0.05, 0.1) is 6.10 Å². The van der Waals surface area contributed by atoms with Crippen LogP contribution in [-0.4, -0.2) is 63.5 Å². The molecular weight excluding hydrogens is 550 g/mol. The first-order chi connectivity index (χ1) is 15.8. The number of carbonyl (C=O) groups is 1. The van der Waals surface area contributed by atoms with Crippen molar-refractivity contribution in [2.45, 2.75) is 89.6 Å². The smallest absolute Gasteiger partial charge is 0.222 e. The van der Waals surface area contributed by atoms with Crippen molar-refractivity contribution in [1.29, 1.82) is 0 Å². The van der Waals surface area contributed by atoms with Crippen molar-refractivity contribution in [2.75, 3.05) is 41.5 Å². The summed E-state index contributed by atoms with van der Waals surface area (Å²) in [6.45, 7) is 1.65. The number of rotatable bonds is 12. The lowest BCUT2D eigenvalue weighted by atomic mass is 9.72. The molecule has 0 aromatic rings. The van der Waals surface area contributed by atoms with Crippen LogP contribution in [0.2, 0.25) is 0 Å². The Hall–Kier alpha value is -0.210. The number of aliphatic hydroxyl groups excluding tert-OH is 1. The van der Waals surface area contributed by atoms with Gasteiger partial charge in [-0.3, -0.25) is 4.79 Å². The summed E-state index contributed by atoms with van der Waals surface area (Å²) in [6, 6.07) is 0. The van der Waals surface area contributed by atoms with E-state index >= 15 is 0 Å². The van der Waals surface area contributed by atoms with Gasteiger partial charge in [0.1, 0.15) is 0 Å². The van der Waals surface area contributed by atoms with E-state index < -0.39 is 0 Å². The van der Waals surface area contributed by atoms with Crippen LogP contribution < -0.4 is 0 Å². The minimum Gasteiger partial charge on any atom is -0.388 e. The molecule has 0 saturated heterocycles. The van der Waals surface area contributed by atoms with Gasteiger partial charge in [0.25, 0.3) is 0 Å². The number of carbonyl (C=O) groups excluding carboxylic acids is 1. The van der Waals surface area contributed by atoms with E-state index in [0.717, 1.165) is 88.3 Å². The number of amides is 1. The number of halogens is 2. The van der Waals surface area contributed by atoms with Gasteiger partial charge in [-0.05, 0) is 75.1 Å². The molecule has 0 radical (unpaired) electrons. The third kappa shape index (κ3) is 11.4. The maximum Gasteiger partial charge on any atom is 0.222 e. The van der Waals surface area contributed by atoms with Crippen molar-refractivity contribution in [2.24, 2.45) is 5.41 Å². The third-order valence-corrected chi connectivity index (χ3v) is 8.85. The Kier molecular flexibility index (Phi) is 16.1. The minimum absolute atomic E-state index is 0.0212. The van der Waals surface area contributed by atoms with E-state index in [4.69, 9.17) is 9.47 Å². The first-order valence-electron chi connectivity index (χ1n) is 12.4. The highest BCUT2D eigenvalue weighted by Gasteiger charge is 2.36. The second-order valence-electron chi connectivity index (χ2n) is 9.45. The zero-order valence-corrected chi connectivity index (χ0v) is 24.3. The standard InChI is InChI=1S/C15H26BrNO2.C11H19BrO2/c1-17(2)14(18)12-15(10-6-7-11-19-3)9-5-4-8-13(15)16;1-14-8-3-2-5-9-6-4-7-10(13)11(9)12/h8H,4-7,9-12H2,1-3H3;10,13H,2-8H2,1H3/t15-;10-/m10/s1. The van der Waals surface area contributed by atoms with Gasteiger partial charge in [0.2, 0.25) is 5.91 Å². The molecule has 2 rings (SSSR count). The van der Waals surface area contributed by atoms with Gasteiger partial charge in [-0.1, -0.05) is 49.9 Å². The van der Waals surface area contributed by atoms with Crippen molar-refractivity contribution in [3.63, 3.8) is 0 Å². The molecule has 2 aliphatic carbocycles. The number of allylic oxidation sites excluding steroid dienone is 3. The molecule has 5 nitrogen and oxygen atoms in total. The lowest BCUT2D eigenvalue weighted by Crippen LogP contribution is -2.33. The molecule has 2 atom stereocenters. The second kappa shape index (κ2) is 17.3. The van der Waals surface area contributed by atoms with Gasteiger partial charge in [-0.2, -0.15) is 0 Å². The molecule has 0 aromatic heterocycles. The molecule has 0 heterocycles. The van der Waals surface area contributed by atoms with Crippen LogP contribution in [0.1, 0.15) is 83.5 Å². The molecule has 0 saturated carbocycles. The van der Waals surface area contributed by atoms with Gasteiger partial charge in [-0.25, -0.2) is 0 Å². The predicted octanol–water partition coefficient (Wildman–Crippen LogP) is 6.73. The summed E-state index contributed by atoms with van der Waals surface area (Å²) >= 11 is 7.21. The molecule has 0 aliphatic heterocycles. The summed E-state index contributed by atoms with van der Waals surface area (Å²) in [4.78, 5) is 13.8. The summed E-state index contributed by atoms with van der Waals surface area (Å²) in [5.74, 6) is 0.221. The molecule has 0 aromatic carbocycles. The van der Waals surface area contributed by atoms with Crippen molar-refractivity contribution in [1.82, 2.24) is 4.90 Å². The molecule has 1 amide bonds. The fraction of sp³-hybridized carbons (Fsp3) is 0.808. The van der Waals surface area contributed by atoms with E-state index in [1.54, 1.807) is 19.1 Å². The number of methoxy groups -OCH3 is 2. The Bertz CT molecular complexity index is 636. The fourth-order valence-electron chi connectivity index (χ4n) is 4.49. The molecule has 2 aliphatic rings. The van der Waals surface area contributed by atoms with Gasteiger partial charge in [0.15, 0.2) is 0 Å². The third-order valence-electron chi connectivity index (χ3n) is 6.60. The van der Waals surface area contributed by atoms with Crippen LogP contribution in [-0.2, 0) is 14.3 Å². The van der Waals surface area contributed by atoms with Crippen molar-refractivity contribution in [3.05, 3.63) is 20.6 Å². The number of aliphatic hydroxyl groups is 1. The average molecular weight is 595 g/mol. The summed E-state index contributed by atoms with van der Waals surface area (Å²) in [5, 5.41) is 9.62. The van der Waals surface area contributed by atoms with Crippen LogP contribution in [0.15, 0.2) is 20.6 Å². The summed E-state index contributed by atoms with van der Waals surface area (Å²) < 4.78 is 12.4. The van der Waals surface area contributed by atoms with Gasteiger partial charge >= 0.3 is 0 Å². The number of hydrogen-bond donors (Lipinski definition) is 1. The van der Waals surface area contributed by atoms with E-state index in [0.29, 0.717) is 6.42 Å². The molecule has 0 unspecified atom stereocenters. The molecule has 7 heteroatoms. The summed E-state index contributed by atoms with van der Waals surface area (Å²) in [6.07, 6.45) is 15.8. The maximum atomic E-state index is 12.1. The number of ether oxygens (including phenoxy) is 2. The molecule has 192 valence electrons. The molecule has 33 heavy (non-hydrogen) atoms. The van der Waals surface area contributed by atoms with E-state index in [1.807, 2.05) is 14.1 Å². The molecule has 0 spiro atoms. The molecule has 1 N–H and O–H groups in total. The molecule has 0 bridgehead atoms. The van der Waals surface area contributed by atoms with Crippen molar-refractivity contribution >= 4 is 37.8 Å². The highest BCUT2D eigenvalue weighted by Crippen LogP contribution is 2.47. The minimum atomic E-state index is -0.249. The fourth-order valence-corrected chi connectivity index (χ4v) is 5.88. The summed E-state index contributed by atoms with van der Waals surface area (Å²) in [5.41, 5.74) is 1.42. The highest BCUT2D eigenvalue weighted by molar-refractivity contribution is 9.12. The maximum absolute atomic E-state index is 12.1. The van der Waals surface area contributed by atoms with Crippen molar-refractivity contribution in [3.8, 4) is 0 Å². The molecular formula is C26H45Br2NO4. The van der Waals surface area contributed by atoms with Crippen LogP contribution in [0.5, 0.6) is 0 Å². The van der Waals surface area contributed by atoms with Gasteiger partial charge in [-0.15, -0.1) is 0 Å².